The van der Waals surface area contributed by atoms with E-state index in [4.69, 9.17) is 14.2 Å². The average Bonchev–Trinajstić information content (AvgIpc) is 3.16. The summed E-state index contributed by atoms with van der Waals surface area (Å²) < 4.78 is 16.3. The lowest BCUT2D eigenvalue weighted by Gasteiger charge is -2.20. The molecule has 1 unspecified atom stereocenters. The third-order valence-electron chi connectivity index (χ3n) is 4.62. The van der Waals surface area contributed by atoms with Gasteiger partial charge >= 0.3 is 0 Å². The summed E-state index contributed by atoms with van der Waals surface area (Å²) in [6, 6.07) is 12.9. The Morgan fingerprint density at radius 1 is 1.24 bits per heavy atom. The molecule has 0 aliphatic carbocycles. The molecule has 8 heteroatoms. The molecule has 8 nitrogen and oxygen atoms in total. The number of nitrogens with one attached hydrogen (secondary N) is 1. The molecule has 0 saturated carbocycles. The molecule has 2 aromatic carbocycles. The third-order valence-corrected chi connectivity index (χ3v) is 4.62. The van der Waals surface area contributed by atoms with Crippen molar-refractivity contribution < 1.29 is 19.3 Å². The summed E-state index contributed by atoms with van der Waals surface area (Å²) in [5, 5.41) is 10.8. The molecule has 2 N–H and O–H groups in total. The minimum atomic E-state index is -0.666. The second kappa shape index (κ2) is 8.60. The first-order valence-electron chi connectivity index (χ1n) is 9.39. The zero-order valence-corrected chi connectivity index (χ0v) is 16.1. The number of hydrogen-bond acceptors (Lipinski definition) is 7. The Balaban J connectivity index is 1.26. The van der Waals surface area contributed by atoms with E-state index in [1.165, 1.54) is 0 Å². The van der Waals surface area contributed by atoms with Crippen molar-refractivity contribution in [2.75, 3.05) is 27.0 Å². The fourth-order valence-electron chi connectivity index (χ4n) is 3.29. The van der Waals surface area contributed by atoms with E-state index >= 15 is 0 Å². The van der Waals surface area contributed by atoms with Gasteiger partial charge in [0.2, 0.25) is 6.79 Å². The van der Waals surface area contributed by atoms with Crippen LogP contribution in [0.25, 0.3) is 10.9 Å². The molecule has 0 saturated heterocycles. The van der Waals surface area contributed by atoms with E-state index in [-0.39, 0.29) is 19.0 Å². The van der Waals surface area contributed by atoms with Crippen LogP contribution in [0.3, 0.4) is 0 Å². The number of benzene rings is 2. The Bertz CT molecular complexity index is 1050. The summed E-state index contributed by atoms with van der Waals surface area (Å²) in [5.41, 5.74) is 1.45. The molecule has 152 valence electrons. The number of hydrogen-bond donors (Lipinski definition) is 2. The summed E-state index contributed by atoms with van der Waals surface area (Å²) in [6.45, 7) is 1.61. The van der Waals surface area contributed by atoms with Gasteiger partial charge in [-0.05, 0) is 36.9 Å². The Morgan fingerprint density at radius 3 is 2.97 bits per heavy atom. The molecule has 3 aromatic rings. The highest BCUT2D eigenvalue weighted by Crippen LogP contribution is 2.32. The van der Waals surface area contributed by atoms with Gasteiger partial charge in [0.1, 0.15) is 5.82 Å². The lowest BCUT2D eigenvalue weighted by atomic mass is 10.2. The van der Waals surface area contributed by atoms with Crippen molar-refractivity contribution >= 4 is 10.9 Å². The Labute approximate surface area is 167 Å². The molecule has 0 spiro atoms. The highest BCUT2D eigenvalue weighted by molar-refractivity contribution is 5.77. The molecule has 1 aromatic heterocycles. The van der Waals surface area contributed by atoms with E-state index in [0.29, 0.717) is 42.2 Å². The molecule has 0 radical (unpaired) electrons. The van der Waals surface area contributed by atoms with Crippen LogP contribution in [-0.4, -0.2) is 53.1 Å². The van der Waals surface area contributed by atoms with Crippen LogP contribution in [0.2, 0.25) is 0 Å². The number of aliphatic hydroxyl groups is 1. The van der Waals surface area contributed by atoms with Crippen LogP contribution in [-0.2, 0) is 17.9 Å². The van der Waals surface area contributed by atoms with Crippen LogP contribution < -0.4 is 15.0 Å². The molecule has 1 atom stereocenters. The minimum Gasteiger partial charge on any atom is -0.454 e. The number of H-pyrrole nitrogens is 1. The van der Waals surface area contributed by atoms with Crippen molar-refractivity contribution in [3.63, 3.8) is 0 Å². The summed E-state index contributed by atoms with van der Waals surface area (Å²) in [5.74, 6) is 2.00. The topological polar surface area (TPSA) is 96.9 Å². The first-order valence-corrected chi connectivity index (χ1v) is 9.39. The van der Waals surface area contributed by atoms with Gasteiger partial charge in [-0.2, -0.15) is 0 Å². The number of nitrogens with zero attached hydrogens (tertiary/aromatic N) is 2. The van der Waals surface area contributed by atoms with Crippen molar-refractivity contribution in [3.8, 4) is 11.5 Å². The zero-order chi connectivity index (χ0) is 20.2. The maximum absolute atomic E-state index is 12.1. The first kappa shape index (κ1) is 19.4. The predicted molar refractivity (Wildman–Crippen MR) is 107 cm³/mol. The number of likely N-dealkylation sites (N-methyl/N-ethyl adjacent to an activating group) is 1. The second-order valence-electron chi connectivity index (χ2n) is 7.08. The average molecular weight is 397 g/mol. The van der Waals surface area contributed by atoms with Crippen LogP contribution in [0.1, 0.15) is 11.4 Å². The highest BCUT2D eigenvalue weighted by atomic mass is 16.7. The largest absolute Gasteiger partial charge is 0.454 e. The van der Waals surface area contributed by atoms with Gasteiger partial charge in [0, 0.05) is 6.54 Å². The van der Waals surface area contributed by atoms with Crippen LogP contribution in [0.4, 0.5) is 0 Å². The van der Waals surface area contributed by atoms with Gasteiger partial charge < -0.3 is 24.3 Å². The molecule has 1 aliphatic heterocycles. The van der Waals surface area contributed by atoms with Gasteiger partial charge in [-0.3, -0.25) is 9.69 Å². The van der Waals surface area contributed by atoms with E-state index in [9.17, 15) is 9.90 Å². The smallest absolute Gasteiger partial charge is 0.258 e. The number of aromatic amines is 1. The molecule has 29 heavy (non-hydrogen) atoms. The van der Waals surface area contributed by atoms with Crippen molar-refractivity contribution in [1.29, 1.82) is 0 Å². The fraction of sp³-hybridized carbons (Fsp3) is 0.333. The van der Waals surface area contributed by atoms with Gasteiger partial charge in [-0.1, -0.05) is 18.2 Å². The third kappa shape index (κ3) is 4.73. The standard InChI is InChI=1S/C21H23N3O5/c1-24(10-20-22-17-5-3-2-4-16(17)21(26)23-20)9-15(25)12-27-11-14-6-7-18-19(8-14)29-13-28-18/h2-8,15,25H,9-13H2,1H3,(H,22,23,26). The van der Waals surface area contributed by atoms with Crippen LogP contribution >= 0.6 is 0 Å². The van der Waals surface area contributed by atoms with Gasteiger partial charge in [-0.25, -0.2) is 4.98 Å². The van der Waals surface area contributed by atoms with E-state index in [2.05, 4.69) is 9.97 Å². The van der Waals surface area contributed by atoms with Gasteiger partial charge in [-0.15, -0.1) is 0 Å². The van der Waals surface area contributed by atoms with E-state index in [1.54, 1.807) is 6.07 Å². The molecule has 4 rings (SSSR count). The Morgan fingerprint density at radius 2 is 2.07 bits per heavy atom. The number of aromatic nitrogens is 2. The van der Waals surface area contributed by atoms with Crippen molar-refractivity contribution in [1.82, 2.24) is 14.9 Å². The van der Waals surface area contributed by atoms with Crippen molar-refractivity contribution in [2.24, 2.45) is 0 Å². The van der Waals surface area contributed by atoms with Gasteiger partial charge in [0.05, 0.1) is 36.8 Å². The molecule has 0 fully saturated rings. The summed E-state index contributed by atoms with van der Waals surface area (Å²) >= 11 is 0. The van der Waals surface area contributed by atoms with Crippen LogP contribution in [0.5, 0.6) is 11.5 Å². The lowest BCUT2D eigenvalue weighted by Crippen LogP contribution is -2.32. The molecular weight excluding hydrogens is 374 g/mol. The summed E-state index contributed by atoms with van der Waals surface area (Å²) in [7, 11) is 1.86. The fourth-order valence-corrected chi connectivity index (χ4v) is 3.29. The van der Waals surface area contributed by atoms with Crippen molar-refractivity contribution in [3.05, 3.63) is 64.2 Å². The molecule has 0 amide bonds. The van der Waals surface area contributed by atoms with Crippen LogP contribution in [0.15, 0.2) is 47.3 Å². The number of fused-ring (bicyclic) bond motifs is 2. The summed E-state index contributed by atoms with van der Waals surface area (Å²) in [6.07, 6.45) is -0.666. The van der Waals surface area contributed by atoms with E-state index in [1.807, 2.05) is 48.3 Å². The van der Waals surface area contributed by atoms with Crippen molar-refractivity contribution in [2.45, 2.75) is 19.3 Å². The van der Waals surface area contributed by atoms with Gasteiger partial charge in [0.25, 0.3) is 5.56 Å². The lowest BCUT2D eigenvalue weighted by molar-refractivity contribution is 0.0124. The number of ether oxygens (including phenoxy) is 3. The zero-order valence-electron chi connectivity index (χ0n) is 16.1. The monoisotopic (exact) mass is 397 g/mol. The maximum atomic E-state index is 12.1. The van der Waals surface area contributed by atoms with E-state index in [0.717, 1.165) is 11.3 Å². The maximum Gasteiger partial charge on any atom is 0.258 e. The second-order valence-corrected chi connectivity index (χ2v) is 7.08. The minimum absolute atomic E-state index is 0.161. The van der Waals surface area contributed by atoms with E-state index < -0.39 is 6.10 Å². The number of aliphatic hydroxyl groups excluding tert-OH is 1. The normalized spacial score (nSPS) is 13.9. The van der Waals surface area contributed by atoms with Gasteiger partial charge in [0.15, 0.2) is 11.5 Å². The highest BCUT2D eigenvalue weighted by Gasteiger charge is 2.14. The summed E-state index contributed by atoms with van der Waals surface area (Å²) in [4.78, 5) is 21.3. The first-order chi connectivity index (χ1) is 14.1. The Hall–Kier alpha value is -2.94. The molecule has 0 bridgehead atoms. The molecule has 1 aliphatic rings. The molecular formula is C21H23N3O5. The number of rotatable bonds is 8. The Kier molecular flexibility index (Phi) is 5.75. The predicted octanol–water partition coefficient (Wildman–Crippen LogP) is 1.66. The quantitative estimate of drug-likeness (QED) is 0.597. The van der Waals surface area contributed by atoms with Crippen LogP contribution in [0, 0.1) is 0 Å². The number of para-hydroxylation sites is 1. The molecule has 2 heterocycles. The SMILES string of the molecule is CN(Cc1nc2ccccc2c(=O)[nH]1)CC(O)COCc1ccc2c(c1)OCO2.